The van der Waals surface area contributed by atoms with E-state index in [-0.39, 0.29) is 0 Å². The highest BCUT2D eigenvalue weighted by molar-refractivity contribution is 6.07. The van der Waals surface area contributed by atoms with Gasteiger partial charge in [0.25, 0.3) is 0 Å². The average molecular weight is 627 g/mol. The van der Waals surface area contributed by atoms with Crippen molar-refractivity contribution in [2.75, 3.05) is 60.5 Å². The Kier molecular flexibility index (Phi) is 13.5. The van der Waals surface area contributed by atoms with Gasteiger partial charge >= 0.3 is 0 Å². The molecule has 1 aliphatic rings. The van der Waals surface area contributed by atoms with Gasteiger partial charge in [0.1, 0.15) is 0 Å². The van der Waals surface area contributed by atoms with Crippen molar-refractivity contribution < 1.29 is 0 Å². The molecule has 3 aromatic rings. The van der Waals surface area contributed by atoms with Gasteiger partial charge in [-0.25, -0.2) is 0 Å². The van der Waals surface area contributed by atoms with E-state index in [2.05, 4.69) is 183 Å². The van der Waals surface area contributed by atoms with Crippen LogP contribution in [0, 0.1) is 0 Å². The first-order chi connectivity index (χ1) is 23.0. The standard InChI is InChI=1S/C43H54N4/c1-8-44-38-26-18-34(19-27-38)42(35-20-28-39(29-21-35)45(9-2)10-3)16-15-17-43(36-22-30-40(31-23-36)46(11-4)12-5)37-24-32-41(33-25-37)47(13-6)14-7/h15-33H,8-14H2,1-7H3. The van der Waals surface area contributed by atoms with E-state index in [0.717, 1.165) is 51.5 Å². The molecule has 0 heterocycles. The van der Waals surface area contributed by atoms with E-state index in [0.29, 0.717) is 0 Å². The van der Waals surface area contributed by atoms with E-state index in [1.807, 2.05) is 0 Å². The summed E-state index contributed by atoms with van der Waals surface area (Å²) in [6.07, 6.45) is 15.4. The van der Waals surface area contributed by atoms with Gasteiger partial charge in [0.15, 0.2) is 0 Å². The third-order valence-electron chi connectivity index (χ3n) is 8.97. The number of anilines is 3. The van der Waals surface area contributed by atoms with Crippen LogP contribution in [0.3, 0.4) is 0 Å². The lowest BCUT2D eigenvalue weighted by atomic mass is 9.94. The minimum Gasteiger partial charge on any atom is -0.372 e. The predicted molar refractivity (Wildman–Crippen MR) is 209 cm³/mol. The molecule has 4 heteroatoms. The van der Waals surface area contributed by atoms with E-state index in [9.17, 15) is 0 Å². The second kappa shape index (κ2) is 17.9. The van der Waals surface area contributed by atoms with Crippen molar-refractivity contribution in [3.63, 3.8) is 0 Å². The molecule has 0 aliphatic heterocycles. The van der Waals surface area contributed by atoms with Crippen LogP contribution in [0.1, 0.15) is 65.2 Å². The number of nitrogens with zero attached hydrogens (tertiary/aromatic N) is 4. The van der Waals surface area contributed by atoms with Crippen molar-refractivity contribution in [3.8, 4) is 0 Å². The van der Waals surface area contributed by atoms with Crippen LogP contribution in [0.2, 0.25) is 0 Å². The van der Waals surface area contributed by atoms with Crippen LogP contribution in [0.25, 0.3) is 11.1 Å². The molecule has 0 N–H and O–H groups in total. The summed E-state index contributed by atoms with van der Waals surface area (Å²) in [5, 5.41) is 0. The molecule has 4 nitrogen and oxygen atoms in total. The molecule has 1 aliphatic carbocycles. The van der Waals surface area contributed by atoms with Crippen LogP contribution < -0.4 is 14.7 Å². The second-order valence-corrected chi connectivity index (χ2v) is 11.5. The van der Waals surface area contributed by atoms with Gasteiger partial charge in [0, 0.05) is 62.9 Å². The molecule has 0 spiro atoms. The van der Waals surface area contributed by atoms with Crippen molar-refractivity contribution in [3.05, 3.63) is 138 Å². The Morgan fingerprint density at radius 1 is 0.511 bits per heavy atom. The number of hydrogen-bond donors (Lipinski definition) is 0. The number of aliphatic imine (C=N–C) groups is 1. The molecular formula is C43H54N4. The van der Waals surface area contributed by atoms with Crippen molar-refractivity contribution in [2.45, 2.75) is 48.5 Å². The van der Waals surface area contributed by atoms with Crippen LogP contribution in [-0.2, 0) is 0 Å². The molecule has 0 saturated carbocycles. The summed E-state index contributed by atoms with van der Waals surface area (Å²) in [5.41, 5.74) is 11.9. The molecule has 0 aromatic heterocycles. The molecule has 0 unspecified atom stereocenters. The van der Waals surface area contributed by atoms with Crippen LogP contribution >= 0.6 is 0 Å². The molecule has 0 fully saturated rings. The normalized spacial score (nSPS) is 12.4. The van der Waals surface area contributed by atoms with E-state index in [4.69, 9.17) is 0 Å². The van der Waals surface area contributed by atoms with Gasteiger partial charge in [-0.3, -0.25) is 4.99 Å². The average Bonchev–Trinajstić information content (AvgIpc) is 3.12. The fourth-order valence-electron chi connectivity index (χ4n) is 6.21. The number of rotatable bonds is 15. The van der Waals surface area contributed by atoms with Gasteiger partial charge in [-0.05, 0) is 130 Å². The molecule has 47 heavy (non-hydrogen) atoms. The van der Waals surface area contributed by atoms with Crippen molar-refractivity contribution >= 4 is 33.9 Å². The number of hydrogen-bond acceptors (Lipinski definition) is 4. The highest BCUT2D eigenvalue weighted by atomic mass is 15.1. The van der Waals surface area contributed by atoms with Gasteiger partial charge in [0.2, 0.25) is 0 Å². The quantitative estimate of drug-likeness (QED) is 0.157. The topological polar surface area (TPSA) is 22.1 Å². The Bertz CT molecular complexity index is 1510. The highest BCUT2D eigenvalue weighted by Crippen LogP contribution is 2.30. The summed E-state index contributed by atoms with van der Waals surface area (Å²) in [4.78, 5) is 11.7. The summed E-state index contributed by atoms with van der Waals surface area (Å²) >= 11 is 0. The van der Waals surface area contributed by atoms with E-state index in [1.165, 1.54) is 50.5 Å². The highest BCUT2D eigenvalue weighted by Gasteiger charge is 2.11. The van der Waals surface area contributed by atoms with Gasteiger partial charge in [-0.1, -0.05) is 66.8 Å². The molecule has 4 rings (SSSR count). The Labute approximate surface area is 284 Å². The fraction of sp³-hybridized carbons (Fsp3) is 0.326. The van der Waals surface area contributed by atoms with E-state index >= 15 is 0 Å². The van der Waals surface area contributed by atoms with E-state index < -0.39 is 0 Å². The largest absolute Gasteiger partial charge is 0.372 e. The molecule has 0 radical (unpaired) electrons. The maximum Gasteiger partial charge on any atom is 0.0574 e. The maximum atomic E-state index is 4.59. The third-order valence-corrected chi connectivity index (χ3v) is 8.97. The molecule has 3 aromatic carbocycles. The fourth-order valence-corrected chi connectivity index (χ4v) is 6.21. The third kappa shape index (κ3) is 9.04. The molecule has 0 bridgehead atoms. The SMILES string of the molecule is CCN=C1C=CC(=C(C=CC=C(c2ccc(N(CC)CC)cc2)c2ccc(N(CC)CC)cc2)c2ccc(N(CC)CC)cc2)C=C1. The van der Waals surface area contributed by atoms with Crippen molar-refractivity contribution in [1.29, 1.82) is 0 Å². The Balaban J connectivity index is 1.79. The molecular weight excluding hydrogens is 573 g/mol. The molecule has 0 saturated heterocycles. The first-order valence-corrected chi connectivity index (χ1v) is 17.6. The monoisotopic (exact) mass is 626 g/mol. The summed E-state index contributed by atoms with van der Waals surface area (Å²) in [7, 11) is 0. The Morgan fingerprint density at radius 3 is 1.26 bits per heavy atom. The Hall–Kier alpha value is -4.57. The van der Waals surface area contributed by atoms with Crippen LogP contribution in [0.4, 0.5) is 17.1 Å². The molecule has 0 atom stereocenters. The lowest BCUT2D eigenvalue weighted by molar-refractivity contribution is 0.866. The minimum absolute atomic E-state index is 0.780. The van der Waals surface area contributed by atoms with Crippen molar-refractivity contribution in [2.24, 2.45) is 4.99 Å². The van der Waals surface area contributed by atoms with Crippen molar-refractivity contribution in [1.82, 2.24) is 0 Å². The van der Waals surface area contributed by atoms with Gasteiger partial charge in [-0.15, -0.1) is 0 Å². The first-order valence-electron chi connectivity index (χ1n) is 17.6. The summed E-state index contributed by atoms with van der Waals surface area (Å²) in [6.45, 7) is 22.1. The molecule has 0 amide bonds. The van der Waals surface area contributed by atoms with Gasteiger partial charge < -0.3 is 14.7 Å². The summed E-state index contributed by atoms with van der Waals surface area (Å²) < 4.78 is 0. The van der Waals surface area contributed by atoms with Crippen LogP contribution in [-0.4, -0.2) is 51.5 Å². The van der Waals surface area contributed by atoms with Crippen LogP contribution in [0.5, 0.6) is 0 Å². The Morgan fingerprint density at radius 2 is 0.894 bits per heavy atom. The summed E-state index contributed by atoms with van der Waals surface area (Å²) in [5.74, 6) is 0. The predicted octanol–water partition coefficient (Wildman–Crippen LogP) is 10.3. The minimum atomic E-state index is 0.780. The maximum absolute atomic E-state index is 4.59. The van der Waals surface area contributed by atoms with E-state index in [1.54, 1.807) is 0 Å². The molecule has 246 valence electrons. The van der Waals surface area contributed by atoms with Gasteiger partial charge in [0.05, 0.1) is 5.71 Å². The zero-order valence-electron chi connectivity index (χ0n) is 29.7. The van der Waals surface area contributed by atoms with Crippen LogP contribution in [0.15, 0.2) is 126 Å². The lowest BCUT2D eigenvalue weighted by Gasteiger charge is -2.22. The first kappa shape index (κ1) is 35.3. The smallest absolute Gasteiger partial charge is 0.0574 e. The zero-order valence-corrected chi connectivity index (χ0v) is 29.7. The van der Waals surface area contributed by atoms with Gasteiger partial charge in [-0.2, -0.15) is 0 Å². The second-order valence-electron chi connectivity index (χ2n) is 11.5. The lowest BCUT2D eigenvalue weighted by Crippen LogP contribution is -2.21. The summed E-state index contributed by atoms with van der Waals surface area (Å²) in [6, 6.07) is 27.0. The number of allylic oxidation sites excluding steroid dienone is 9. The number of benzene rings is 3. The zero-order chi connectivity index (χ0) is 33.6.